The molecule has 21 heavy (non-hydrogen) atoms. The second kappa shape index (κ2) is 6.83. The number of anilines is 1. The zero-order valence-electron chi connectivity index (χ0n) is 11.2. The van der Waals surface area contributed by atoms with Gasteiger partial charge >= 0.3 is 6.61 Å². The van der Waals surface area contributed by atoms with Crippen LogP contribution in [0.4, 0.5) is 14.6 Å². The maximum absolute atomic E-state index is 12.4. The van der Waals surface area contributed by atoms with Crippen molar-refractivity contribution in [1.82, 2.24) is 9.97 Å². The molecule has 0 saturated carbocycles. The van der Waals surface area contributed by atoms with Gasteiger partial charge in [-0.25, -0.2) is 9.97 Å². The molecule has 1 aromatic heterocycles. The molecule has 5 nitrogen and oxygen atoms in total. The zero-order valence-corrected chi connectivity index (χ0v) is 13.4. The summed E-state index contributed by atoms with van der Waals surface area (Å²) >= 11 is 2.10. The number of alkyl halides is 2. The number of nitrogens with zero attached hydrogens (tertiary/aromatic N) is 2. The van der Waals surface area contributed by atoms with Crippen LogP contribution in [0, 0.1) is 3.57 Å². The lowest BCUT2D eigenvalue weighted by Crippen LogP contribution is -2.04. The van der Waals surface area contributed by atoms with Crippen LogP contribution in [0.1, 0.15) is 0 Å². The first-order valence-electron chi connectivity index (χ1n) is 5.88. The number of benzene rings is 1. The molecule has 0 aliphatic rings. The summed E-state index contributed by atoms with van der Waals surface area (Å²) in [5, 5.41) is 2.94. The number of nitrogens with one attached hydrogen (secondary N) is 1. The highest BCUT2D eigenvalue weighted by atomic mass is 127. The number of ether oxygens (including phenoxy) is 2. The Hall–Kier alpha value is -1.71. The molecule has 112 valence electrons. The minimum absolute atomic E-state index is 0.0573. The zero-order chi connectivity index (χ0) is 15.4. The van der Waals surface area contributed by atoms with E-state index in [9.17, 15) is 8.78 Å². The van der Waals surface area contributed by atoms with Gasteiger partial charge < -0.3 is 14.8 Å². The van der Waals surface area contributed by atoms with E-state index in [1.165, 1.54) is 19.2 Å². The Morgan fingerprint density at radius 3 is 2.67 bits per heavy atom. The van der Waals surface area contributed by atoms with E-state index >= 15 is 0 Å². The van der Waals surface area contributed by atoms with Gasteiger partial charge in [0, 0.05) is 18.8 Å². The Morgan fingerprint density at radius 2 is 2.05 bits per heavy atom. The molecule has 1 aromatic carbocycles. The molecule has 1 heterocycles. The van der Waals surface area contributed by atoms with Crippen LogP contribution in [0.5, 0.6) is 11.5 Å². The molecule has 0 fully saturated rings. The molecule has 0 radical (unpaired) electrons. The highest BCUT2D eigenvalue weighted by Gasteiger charge is 2.14. The summed E-state index contributed by atoms with van der Waals surface area (Å²) in [6, 6.07) is 4.64. The SMILES string of the molecule is CNc1nc(-c2ccc(OC)c(OC(F)F)c2)ncc1I. The standard InChI is InChI=1S/C13H12F2IN3O2/c1-17-12-8(16)6-18-11(19-12)7-3-4-9(20-2)10(5-7)21-13(14)15/h3-6,13H,1-2H3,(H,17,18,19). The van der Waals surface area contributed by atoms with E-state index in [1.54, 1.807) is 19.3 Å². The summed E-state index contributed by atoms with van der Waals surface area (Å²) in [5.41, 5.74) is 0.555. The number of methoxy groups -OCH3 is 1. The summed E-state index contributed by atoms with van der Waals surface area (Å²) in [7, 11) is 3.13. The number of hydrogen-bond donors (Lipinski definition) is 1. The summed E-state index contributed by atoms with van der Waals surface area (Å²) in [5.74, 6) is 1.23. The van der Waals surface area contributed by atoms with E-state index in [4.69, 9.17) is 4.74 Å². The van der Waals surface area contributed by atoms with Gasteiger partial charge in [0.25, 0.3) is 0 Å². The molecule has 2 aromatic rings. The highest BCUT2D eigenvalue weighted by Crippen LogP contribution is 2.33. The number of aromatic nitrogens is 2. The minimum Gasteiger partial charge on any atom is -0.493 e. The Labute approximate surface area is 133 Å². The van der Waals surface area contributed by atoms with Gasteiger partial charge in [-0.05, 0) is 40.8 Å². The molecule has 0 bridgehead atoms. The van der Waals surface area contributed by atoms with Crippen LogP contribution in [-0.4, -0.2) is 30.7 Å². The number of hydrogen-bond acceptors (Lipinski definition) is 5. The van der Waals surface area contributed by atoms with Gasteiger partial charge in [-0.2, -0.15) is 8.78 Å². The van der Waals surface area contributed by atoms with E-state index in [2.05, 4.69) is 42.6 Å². The molecular weight excluding hydrogens is 395 g/mol. The topological polar surface area (TPSA) is 56.3 Å². The summed E-state index contributed by atoms with van der Waals surface area (Å²) in [4.78, 5) is 8.51. The van der Waals surface area contributed by atoms with Crippen LogP contribution < -0.4 is 14.8 Å². The van der Waals surface area contributed by atoms with Crippen LogP contribution in [0.3, 0.4) is 0 Å². The van der Waals surface area contributed by atoms with E-state index in [0.717, 1.165) is 3.57 Å². The van der Waals surface area contributed by atoms with Gasteiger partial charge in [-0.15, -0.1) is 0 Å². The van der Waals surface area contributed by atoms with Gasteiger partial charge in [0.15, 0.2) is 17.3 Å². The van der Waals surface area contributed by atoms with Gasteiger partial charge in [0.1, 0.15) is 5.82 Å². The number of halogens is 3. The quantitative estimate of drug-likeness (QED) is 0.771. The lowest BCUT2D eigenvalue weighted by Gasteiger charge is -2.11. The van der Waals surface area contributed by atoms with Crippen molar-refractivity contribution in [3.8, 4) is 22.9 Å². The molecule has 0 unspecified atom stereocenters. The largest absolute Gasteiger partial charge is 0.493 e. The summed E-state index contributed by atoms with van der Waals surface area (Å²) in [6.07, 6.45) is 1.65. The Balaban J connectivity index is 2.44. The monoisotopic (exact) mass is 407 g/mol. The third-order valence-electron chi connectivity index (χ3n) is 2.62. The molecule has 0 amide bonds. The van der Waals surface area contributed by atoms with Gasteiger partial charge in [0.2, 0.25) is 0 Å². The molecule has 1 N–H and O–H groups in total. The first-order chi connectivity index (χ1) is 10.0. The second-order valence-electron chi connectivity index (χ2n) is 3.88. The van der Waals surface area contributed by atoms with Crippen molar-refractivity contribution in [3.05, 3.63) is 28.0 Å². The summed E-state index contributed by atoms with van der Waals surface area (Å²) < 4.78 is 35.1. The molecule has 0 atom stereocenters. The van der Waals surface area contributed by atoms with Crippen molar-refractivity contribution >= 4 is 28.4 Å². The van der Waals surface area contributed by atoms with Crippen molar-refractivity contribution in [2.24, 2.45) is 0 Å². The fourth-order valence-corrected chi connectivity index (χ4v) is 2.21. The molecule has 0 aliphatic carbocycles. The first-order valence-corrected chi connectivity index (χ1v) is 6.96. The predicted molar refractivity (Wildman–Crippen MR) is 82.9 cm³/mol. The maximum atomic E-state index is 12.4. The molecule has 0 aliphatic heterocycles. The number of rotatable bonds is 5. The van der Waals surface area contributed by atoms with Crippen molar-refractivity contribution in [2.75, 3.05) is 19.5 Å². The minimum atomic E-state index is -2.93. The van der Waals surface area contributed by atoms with Crippen LogP contribution >= 0.6 is 22.6 Å². The van der Waals surface area contributed by atoms with E-state index in [1.807, 2.05) is 0 Å². The van der Waals surface area contributed by atoms with Crippen molar-refractivity contribution in [1.29, 1.82) is 0 Å². The summed E-state index contributed by atoms with van der Waals surface area (Å²) in [6.45, 7) is -2.93. The maximum Gasteiger partial charge on any atom is 0.387 e. The van der Waals surface area contributed by atoms with E-state index in [-0.39, 0.29) is 11.5 Å². The lowest BCUT2D eigenvalue weighted by molar-refractivity contribution is -0.0511. The lowest BCUT2D eigenvalue weighted by atomic mass is 10.2. The normalized spacial score (nSPS) is 10.6. The Morgan fingerprint density at radius 1 is 1.29 bits per heavy atom. The highest BCUT2D eigenvalue weighted by molar-refractivity contribution is 14.1. The van der Waals surface area contributed by atoms with Crippen LogP contribution in [-0.2, 0) is 0 Å². The van der Waals surface area contributed by atoms with Crippen LogP contribution in [0.15, 0.2) is 24.4 Å². The fraction of sp³-hybridized carbons (Fsp3) is 0.231. The van der Waals surface area contributed by atoms with Crippen molar-refractivity contribution < 1.29 is 18.3 Å². The Bertz CT molecular complexity index is 641. The molecule has 2 rings (SSSR count). The predicted octanol–water partition coefficient (Wildman–Crippen LogP) is 3.40. The van der Waals surface area contributed by atoms with E-state index in [0.29, 0.717) is 17.2 Å². The average molecular weight is 407 g/mol. The van der Waals surface area contributed by atoms with Gasteiger partial charge in [-0.1, -0.05) is 0 Å². The molecule has 0 spiro atoms. The molecule has 8 heteroatoms. The fourth-order valence-electron chi connectivity index (χ4n) is 1.69. The van der Waals surface area contributed by atoms with Gasteiger partial charge in [0.05, 0.1) is 10.7 Å². The third-order valence-corrected chi connectivity index (χ3v) is 3.41. The Kier molecular flexibility index (Phi) is 5.10. The van der Waals surface area contributed by atoms with Crippen LogP contribution in [0.2, 0.25) is 0 Å². The smallest absolute Gasteiger partial charge is 0.387 e. The van der Waals surface area contributed by atoms with Gasteiger partial charge in [-0.3, -0.25) is 0 Å². The van der Waals surface area contributed by atoms with Crippen molar-refractivity contribution in [3.63, 3.8) is 0 Å². The van der Waals surface area contributed by atoms with E-state index < -0.39 is 6.61 Å². The molecule has 0 saturated heterocycles. The van der Waals surface area contributed by atoms with Crippen LogP contribution in [0.25, 0.3) is 11.4 Å². The third kappa shape index (κ3) is 3.69. The average Bonchev–Trinajstić information content (AvgIpc) is 2.47. The first kappa shape index (κ1) is 15.7. The molecular formula is C13H12F2IN3O2. The van der Waals surface area contributed by atoms with Crippen molar-refractivity contribution in [2.45, 2.75) is 6.61 Å². The second-order valence-corrected chi connectivity index (χ2v) is 5.05.